The quantitative estimate of drug-likeness (QED) is 0.742. The van der Waals surface area contributed by atoms with Crippen LogP contribution in [0.4, 0.5) is 5.82 Å². The Morgan fingerprint density at radius 2 is 2.19 bits per heavy atom. The van der Waals surface area contributed by atoms with Gasteiger partial charge in [-0.25, -0.2) is 9.97 Å². The normalized spacial score (nSPS) is 17.4. The molecule has 1 aliphatic rings. The summed E-state index contributed by atoms with van der Waals surface area (Å²) in [5.41, 5.74) is 4.81. The standard InChI is InChI=1S/C20H24N6O/c1-13-19(14(2)27-25-13)17-11-22-10-16(24-17)18-7-5-9-26(18)12-15-6-4-8-23-20(15)21-3/h4,6,8,10-11,18H,5,7,9,12H2,1-3H3,(H,21,23)/t18-/m0/s1. The molecule has 0 aromatic carbocycles. The van der Waals surface area contributed by atoms with Crippen molar-refractivity contribution < 1.29 is 4.52 Å². The highest BCUT2D eigenvalue weighted by Gasteiger charge is 2.28. The smallest absolute Gasteiger partial charge is 0.143 e. The van der Waals surface area contributed by atoms with Gasteiger partial charge in [-0.15, -0.1) is 0 Å². The number of nitrogens with one attached hydrogen (secondary N) is 1. The Bertz CT molecular complexity index is 918. The van der Waals surface area contributed by atoms with Gasteiger partial charge >= 0.3 is 0 Å². The van der Waals surface area contributed by atoms with Crippen molar-refractivity contribution in [1.82, 2.24) is 25.0 Å². The number of nitrogens with zero attached hydrogens (tertiary/aromatic N) is 5. The average molecular weight is 364 g/mol. The summed E-state index contributed by atoms with van der Waals surface area (Å²) >= 11 is 0. The summed E-state index contributed by atoms with van der Waals surface area (Å²) < 4.78 is 5.30. The minimum absolute atomic E-state index is 0.253. The van der Waals surface area contributed by atoms with E-state index in [2.05, 4.69) is 31.4 Å². The van der Waals surface area contributed by atoms with Crippen LogP contribution >= 0.6 is 0 Å². The predicted octanol–water partition coefficient (Wildman–Crippen LogP) is 3.52. The second-order valence-electron chi connectivity index (χ2n) is 6.92. The van der Waals surface area contributed by atoms with Crippen molar-refractivity contribution in [3.63, 3.8) is 0 Å². The van der Waals surface area contributed by atoms with Gasteiger partial charge in [0.15, 0.2) is 0 Å². The largest absolute Gasteiger partial charge is 0.373 e. The van der Waals surface area contributed by atoms with Crippen LogP contribution in [0, 0.1) is 13.8 Å². The number of rotatable bonds is 5. The zero-order valence-corrected chi connectivity index (χ0v) is 15.9. The van der Waals surface area contributed by atoms with Crippen LogP contribution in [-0.4, -0.2) is 38.6 Å². The van der Waals surface area contributed by atoms with Gasteiger partial charge in [-0.3, -0.25) is 9.88 Å². The number of pyridine rings is 1. The van der Waals surface area contributed by atoms with Crippen molar-refractivity contribution in [2.24, 2.45) is 0 Å². The summed E-state index contributed by atoms with van der Waals surface area (Å²) in [6.45, 7) is 5.73. The molecule has 7 heteroatoms. The van der Waals surface area contributed by atoms with Gasteiger partial charge in [-0.05, 0) is 39.3 Å². The SMILES string of the molecule is CNc1ncccc1CN1CCC[C@H]1c1cncc(-c2c(C)noc2C)n1. The van der Waals surface area contributed by atoms with Crippen LogP contribution in [0.1, 0.15) is 41.6 Å². The highest BCUT2D eigenvalue weighted by atomic mass is 16.5. The highest BCUT2D eigenvalue weighted by molar-refractivity contribution is 5.62. The Labute approximate surface area is 158 Å². The molecule has 4 heterocycles. The van der Waals surface area contributed by atoms with Crippen LogP contribution < -0.4 is 5.32 Å². The van der Waals surface area contributed by atoms with Gasteiger partial charge in [0.25, 0.3) is 0 Å². The molecule has 7 nitrogen and oxygen atoms in total. The highest BCUT2D eigenvalue weighted by Crippen LogP contribution is 2.34. The number of aromatic nitrogens is 4. The first-order valence-electron chi connectivity index (χ1n) is 9.28. The molecule has 0 saturated carbocycles. The summed E-state index contributed by atoms with van der Waals surface area (Å²) in [6.07, 6.45) is 7.71. The summed E-state index contributed by atoms with van der Waals surface area (Å²) in [7, 11) is 1.91. The molecule has 0 unspecified atom stereocenters. The Morgan fingerprint density at radius 1 is 1.30 bits per heavy atom. The van der Waals surface area contributed by atoms with E-state index in [0.29, 0.717) is 0 Å². The van der Waals surface area contributed by atoms with E-state index in [1.165, 1.54) is 5.56 Å². The van der Waals surface area contributed by atoms with Crippen LogP contribution in [0.3, 0.4) is 0 Å². The number of likely N-dealkylation sites (tertiary alicyclic amines) is 1. The van der Waals surface area contributed by atoms with Crippen molar-refractivity contribution in [2.75, 3.05) is 18.9 Å². The van der Waals surface area contributed by atoms with Crippen LogP contribution in [0.5, 0.6) is 0 Å². The first-order chi connectivity index (χ1) is 13.2. The molecule has 140 valence electrons. The lowest BCUT2D eigenvalue weighted by molar-refractivity contribution is 0.244. The number of hydrogen-bond acceptors (Lipinski definition) is 7. The summed E-state index contributed by atoms with van der Waals surface area (Å²) in [4.78, 5) is 16.3. The molecule has 1 fully saturated rings. The molecule has 1 atom stereocenters. The monoisotopic (exact) mass is 364 g/mol. The Balaban J connectivity index is 1.62. The van der Waals surface area contributed by atoms with Crippen molar-refractivity contribution in [3.05, 3.63) is 53.4 Å². The molecule has 0 amide bonds. The fourth-order valence-electron chi connectivity index (χ4n) is 3.87. The first-order valence-corrected chi connectivity index (χ1v) is 9.28. The first kappa shape index (κ1) is 17.6. The zero-order chi connectivity index (χ0) is 18.8. The Hall–Kier alpha value is -2.80. The minimum Gasteiger partial charge on any atom is -0.373 e. The maximum absolute atomic E-state index is 5.30. The number of hydrogen-bond donors (Lipinski definition) is 1. The van der Waals surface area contributed by atoms with E-state index in [1.54, 1.807) is 6.20 Å². The van der Waals surface area contributed by atoms with E-state index in [1.807, 2.05) is 39.4 Å². The van der Waals surface area contributed by atoms with Crippen molar-refractivity contribution in [2.45, 2.75) is 39.3 Å². The summed E-state index contributed by atoms with van der Waals surface area (Å²) in [5, 5.41) is 7.22. The molecule has 3 aromatic heterocycles. The lowest BCUT2D eigenvalue weighted by atomic mass is 10.1. The van der Waals surface area contributed by atoms with Gasteiger partial charge in [0.05, 0.1) is 41.1 Å². The van der Waals surface area contributed by atoms with Gasteiger partial charge in [-0.2, -0.15) is 0 Å². The topological polar surface area (TPSA) is 80.0 Å². The second kappa shape index (κ2) is 7.44. The molecule has 0 aliphatic carbocycles. The van der Waals surface area contributed by atoms with E-state index >= 15 is 0 Å². The van der Waals surface area contributed by atoms with E-state index in [-0.39, 0.29) is 6.04 Å². The van der Waals surface area contributed by atoms with Crippen molar-refractivity contribution >= 4 is 5.82 Å². The number of aryl methyl sites for hydroxylation is 2. The lowest BCUT2D eigenvalue weighted by Crippen LogP contribution is -2.24. The van der Waals surface area contributed by atoms with E-state index in [4.69, 9.17) is 9.51 Å². The van der Waals surface area contributed by atoms with Gasteiger partial charge in [0, 0.05) is 25.4 Å². The molecule has 1 N–H and O–H groups in total. The third-order valence-electron chi connectivity index (χ3n) is 5.15. The Morgan fingerprint density at radius 3 is 2.96 bits per heavy atom. The van der Waals surface area contributed by atoms with Gasteiger partial charge in [-0.1, -0.05) is 11.2 Å². The van der Waals surface area contributed by atoms with Crippen molar-refractivity contribution in [3.8, 4) is 11.3 Å². The number of anilines is 1. The maximum Gasteiger partial charge on any atom is 0.143 e. The average Bonchev–Trinajstić information content (AvgIpc) is 3.28. The lowest BCUT2D eigenvalue weighted by Gasteiger charge is -2.24. The molecule has 1 aliphatic heterocycles. The van der Waals surface area contributed by atoms with Crippen LogP contribution in [-0.2, 0) is 6.54 Å². The van der Waals surface area contributed by atoms with Crippen LogP contribution in [0.2, 0.25) is 0 Å². The van der Waals surface area contributed by atoms with Gasteiger partial charge in [0.2, 0.25) is 0 Å². The molecule has 1 saturated heterocycles. The third kappa shape index (κ3) is 3.42. The van der Waals surface area contributed by atoms with Crippen LogP contribution in [0.15, 0.2) is 35.2 Å². The second-order valence-corrected chi connectivity index (χ2v) is 6.92. The Kier molecular flexibility index (Phi) is 4.85. The predicted molar refractivity (Wildman–Crippen MR) is 103 cm³/mol. The van der Waals surface area contributed by atoms with Gasteiger partial charge < -0.3 is 9.84 Å². The summed E-state index contributed by atoms with van der Waals surface area (Å²) in [5.74, 6) is 1.70. The molecular weight excluding hydrogens is 340 g/mol. The maximum atomic E-state index is 5.30. The minimum atomic E-state index is 0.253. The van der Waals surface area contributed by atoms with E-state index < -0.39 is 0 Å². The fourth-order valence-corrected chi connectivity index (χ4v) is 3.87. The molecule has 3 aromatic rings. The molecular formula is C20H24N6O. The molecule has 27 heavy (non-hydrogen) atoms. The van der Waals surface area contributed by atoms with E-state index in [9.17, 15) is 0 Å². The van der Waals surface area contributed by atoms with E-state index in [0.717, 1.165) is 60.2 Å². The molecule has 0 bridgehead atoms. The zero-order valence-electron chi connectivity index (χ0n) is 15.9. The fraction of sp³-hybridized carbons (Fsp3) is 0.400. The molecule has 0 spiro atoms. The van der Waals surface area contributed by atoms with Gasteiger partial charge in [0.1, 0.15) is 11.6 Å². The van der Waals surface area contributed by atoms with Crippen LogP contribution in [0.25, 0.3) is 11.3 Å². The molecule has 4 rings (SSSR count). The van der Waals surface area contributed by atoms with Crippen molar-refractivity contribution in [1.29, 1.82) is 0 Å². The third-order valence-corrected chi connectivity index (χ3v) is 5.15. The molecule has 0 radical (unpaired) electrons. The summed E-state index contributed by atoms with van der Waals surface area (Å²) in [6, 6.07) is 4.36.